The average molecular weight is 347 g/mol. The van der Waals surface area contributed by atoms with E-state index in [4.69, 9.17) is 10.5 Å². The molecule has 0 atom stereocenters. The summed E-state index contributed by atoms with van der Waals surface area (Å²) in [5.41, 5.74) is 6.13. The summed E-state index contributed by atoms with van der Waals surface area (Å²) in [6.07, 6.45) is 0. The summed E-state index contributed by atoms with van der Waals surface area (Å²) in [5.74, 6) is -1.12. The van der Waals surface area contributed by atoms with E-state index in [-0.39, 0.29) is 5.75 Å². The molecule has 0 heterocycles. The van der Waals surface area contributed by atoms with Gasteiger partial charge in [-0.05, 0) is 52.9 Å². The summed E-state index contributed by atoms with van der Waals surface area (Å²) in [5, 5.41) is 0. The molecule has 0 aliphatic heterocycles. The lowest BCUT2D eigenvalue weighted by atomic mass is 10.3. The first-order chi connectivity index (χ1) is 8.06. The zero-order valence-electron chi connectivity index (χ0n) is 8.58. The molecule has 2 N–H and O–H groups in total. The van der Waals surface area contributed by atoms with E-state index in [9.17, 15) is 8.78 Å². The summed E-state index contributed by atoms with van der Waals surface area (Å²) in [4.78, 5) is 0. The van der Waals surface area contributed by atoms with Crippen molar-refractivity contribution in [3.63, 3.8) is 0 Å². The van der Waals surface area contributed by atoms with Crippen LogP contribution in [-0.2, 0) is 0 Å². The van der Waals surface area contributed by atoms with Gasteiger partial charge < -0.3 is 10.5 Å². The van der Waals surface area contributed by atoms with Crippen molar-refractivity contribution in [2.75, 3.05) is 5.73 Å². The van der Waals surface area contributed by atoms with E-state index in [0.717, 1.165) is 15.7 Å². The van der Waals surface area contributed by atoms with Gasteiger partial charge in [0.15, 0.2) is 17.3 Å². The van der Waals surface area contributed by atoms with Crippen LogP contribution in [0.25, 0.3) is 0 Å². The highest BCUT2D eigenvalue weighted by Gasteiger charge is 2.08. The van der Waals surface area contributed by atoms with Gasteiger partial charge in [-0.2, -0.15) is 0 Å². The largest absolute Gasteiger partial charge is 0.452 e. The first-order valence-corrected chi connectivity index (χ1v) is 5.82. The maximum absolute atomic E-state index is 13.3. The smallest absolute Gasteiger partial charge is 0.168 e. The topological polar surface area (TPSA) is 35.2 Å². The van der Waals surface area contributed by atoms with E-state index in [2.05, 4.69) is 22.6 Å². The molecule has 0 spiro atoms. The van der Waals surface area contributed by atoms with Crippen LogP contribution in [0.3, 0.4) is 0 Å². The zero-order valence-corrected chi connectivity index (χ0v) is 10.7. The van der Waals surface area contributed by atoms with Crippen molar-refractivity contribution >= 4 is 28.3 Å². The first kappa shape index (κ1) is 12.1. The number of rotatable bonds is 2. The first-order valence-electron chi connectivity index (χ1n) is 4.74. The van der Waals surface area contributed by atoms with Crippen LogP contribution in [0.1, 0.15) is 0 Å². The number of benzene rings is 2. The van der Waals surface area contributed by atoms with Crippen LogP contribution in [0.5, 0.6) is 11.5 Å². The molecule has 0 aliphatic carbocycles. The van der Waals surface area contributed by atoms with Gasteiger partial charge in [-0.15, -0.1) is 0 Å². The van der Waals surface area contributed by atoms with E-state index in [1.165, 1.54) is 6.07 Å². The maximum Gasteiger partial charge on any atom is 0.168 e. The molecule has 2 rings (SSSR count). The Morgan fingerprint density at radius 1 is 1.00 bits per heavy atom. The van der Waals surface area contributed by atoms with Gasteiger partial charge >= 0.3 is 0 Å². The van der Waals surface area contributed by atoms with Gasteiger partial charge in [0.25, 0.3) is 0 Å². The summed E-state index contributed by atoms with van der Waals surface area (Å²) in [7, 11) is 0. The number of halogens is 3. The van der Waals surface area contributed by atoms with Crippen molar-refractivity contribution in [1.29, 1.82) is 0 Å². The molecule has 2 nitrogen and oxygen atoms in total. The van der Waals surface area contributed by atoms with E-state index in [0.29, 0.717) is 11.4 Å². The number of nitrogens with two attached hydrogens (primary N) is 1. The van der Waals surface area contributed by atoms with Crippen molar-refractivity contribution in [2.45, 2.75) is 0 Å². The Bertz CT molecular complexity index is 511. The SMILES string of the molecule is Nc1cc(I)ccc1Oc1ccc(F)cc1F. The van der Waals surface area contributed by atoms with Gasteiger partial charge in [0, 0.05) is 9.64 Å². The quantitative estimate of drug-likeness (QED) is 0.660. The Morgan fingerprint density at radius 2 is 1.71 bits per heavy atom. The lowest BCUT2D eigenvalue weighted by Crippen LogP contribution is -1.94. The van der Waals surface area contributed by atoms with Gasteiger partial charge in [-0.25, -0.2) is 8.78 Å². The molecule has 0 amide bonds. The van der Waals surface area contributed by atoms with Crippen molar-refractivity contribution < 1.29 is 13.5 Å². The second-order valence-electron chi connectivity index (χ2n) is 3.36. The molecule has 0 saturated heterocycles. The second kappa shape index (κ2) is 4.87. The lowest BCUT2D eigenvalue weighted by molar-refractivity contribution is 0.439. The number of ether oxygens (including phenoxy) is 1. The van der Waals surface area contributed by atoms with Crippen LogP contribution in [0, 0.1) is 15.2 Å². The van der Waals surface area contributed by atoms with E-state index in [1.807, 2.05) is 0 Å². The molecular weight excluding hydrogens is 339 g/mol. The minimum atomic E-state index is -0.761. The number of hydrogen-bond acceptors (Lipinski definition) is 2. The molecule has 17 heavy (non-hydrogen) atoms. The van der Waals surface area contributed by atoms with Crippen LogP contribution >= 0.6 is 22.6 Å². The molecule has 0 aromatic heterocycles. The fraction of sp³-hybridized carbons (Fsp3) is 0. The van der Waals surface area contributed by atoms with E-state index in [1.54, 1.807) is 18.2 Å². The Morgan fingerprint density at radius 3 is 2.35 bits per heavy atom. The van der Waals surface area contributed by atoms with Gasteiger partial charge in [-0.1, -0.05) is 0 Å². The maximum atomic E-state index is 13.3. The minimum absolute atomic E-state index is 0.0562. The predicted octanol–water partition coefficient (Wildman–Crippen LogP) is 3.94. The third-order valence-electron chi connectivity index (χ3n) is 2.09. The van der Waals surface area contributed by atoms with Crippen LogP contribution in [0.4, 0.5) is 14.5 Å². The van der Waals surface area contributed by atoms with Gasteiger partial charge in [-0.3, -0.25) is 0 Å². The van der Waals surface area contributed by atoms with Gasteiger partial charge in [0.1, 0.15) is 5.82 Å². The van der Waals surface area contributed by atoms with Crippen LogP contribution < -0.4 is 10.5 Å². The number of hydrogen-bond donors (Lipinski definition) is 1. The molecule has 0 unspecified atom stereocenters. The molecule has 5 heteroatoms. The van der Waals surface area contributed by atoms with Gasteiger partial charge in [0.2, 0.25) is 0 Å². The zero-order chi connectivity index (χ0) is 12.4. The summed E-state index contributed by atoms with van der Waals surface area (Å²) < 4.78 is 32.3. The third kappa shape index (κ3) is 2.85. The van der Waals surface area contributed by atoms with E-state index >= 15 is 0 Å². The average Bonchev–Trinajstić information content (AvgIpc) is 2.25. The fourth-order valence-corrected chi connectivity index (χ4v) is 1.80. The monoisotopic (exact) mass is 347 g/mol. The predicted molar refractivity (Wildman–Crippen MR) is 70.0 cm³/mol. The Hall–Kier alpha value is -1.37. The second-order valence-corrected chi connectivity index (χ2v) is 4.60. The molecule has 0 fully saturated rings. The van der Waals surface area contributed by atoms with Gasteiger partial charge in [0.05, 0.1) is 5.69 Å². The molecule has 2 aromatic rings. The highest BCUT2D eigenvalue weighted by molar-refractivity contribution is 14.1. The van der Waals surface area contributed by atoms with Crippen LogP contribution in [0.2, 0.25) is 0 Å². The van der Waals surface area contributed by atoms with Crippen molar-refractivity contribution in [3.05, 3.63) is 51.6 Å². The normalized spacial score (nSPS) is 10.3. The molecule has 0 bridgehead atoms. The molecule has 0 radical (unpaired) electrons. The third-order valence-corrected chi connectivity index (χ3v) is 2.76. The Labute approximate surface area is 111 Å². The molecule has 2 aromatic carbocycles. The van der Waals surface area contributed by atoms with Crippen LogP contribution in [-0.4, -0.2) is 0 Å². The van der Waals surface area contributed by atoms with Crippen molar-refractivity contribution in [2.24, 2.45) is 0 Å². The summed E-state index contributed by atoms with van der Waals surface area (Å²) >= 11 is 2.10. The fourth-order valence-electron chi connectivity index (χ4n) is 1.29. The van der Waals surface area contributed by atoms with E-state index < -0.39 is 11.6 Å². The Balaban J connectivity index is 2.31. The van der Waals surface area contributed by atoms with Crippen LogP contribution in [0.15, 0.2) is 36.4 Å². The molecule has 0 aliphatic rings. The summed E-state index contributed by atoms with van der Waals surface area (Å²) in [6, 6.07) is 8.24. The molecular formula is C12H8F2INO. The standard InChI is InChI=1S/C12H8F2INO/c13-7-1-3-11(9(14)5-7)17-12-4-2-8(15)6-10(12)16/h1-6H,16H2. The summed E-state index contributed by atoms with van der Waals surface area (Å²) in [6.45, 7) is 0. The lowest BCUT2D eigenvalue weighted by Gasteiger charge is -2.09. The van der Waals surface area contributed by atoms with Crippen molar-refractivity contribution in [3.8, 4) is 11.5 Å². The number of anilines is 1. The highest BCUT2D eigenvalue weighted by atomic mass is 127. The molecule has 0 saturated carbocycles. The Kier molecular flexibility index (Phi) is 3.46. The van der Waals surface area contributed by atoms with Crippen molar-refractivity contribution in [1.82, 2.24) is 0 Å². The minimum Gasteiger partial charge on any atom is -0.452 e. The molecule has 88 valence electrons. The highest BCUT2D eigenvalue weighted by Crippen LogP contribution is 2.30. The number of nitrogen functional groups attached to an aromatic ring is 1.